The second-order valence-corrected chi connectivity index (χ2v) is 14.0. The normalized spacial score (nSPS) is 19.4. The van der Waals surface area contributed by atoms with Crippen molar-refractivity contribution < 1.29 is 28.6 Å². The molecule has 1 atom stereocenters. The van der Waals surface area contributed by atoms with Gasteiger partial charge in [0.1, 0.15) is 28.5 Å². The van der Waals surface area contributed by atoms with Crippen LogP contribution < -0.4 is 19.8 Å². The number of hydrogen-bond donors (Lipinski definition) is 2. The number of benzene rings is 2. The molecule has 0 aliphatic carbocycles. The fourth-order valence-electron chi connectivity index (χ4n) is 5.75. The summed E-state index contributed by atoms with van der Waals surface area (Å²) < 4.78 is 26.3. The van der Waals surface area contributed by atoms with E-state index in [-0.39, 0.29) is 59.1 Å². The number of carboxylic acids is 1. The molecule has 49 heavy (non-hydrogen) atoms. The highest BCUT2D eigenvalue weighted by Crippen LogP contribution is 2.37. The number of fused-ring (bicyclic) bond motifs is 3. The van der Waals surface area contributed by atoms with Crippen LogP contribution in [0.3, 0.4) is 0 Å². The topological polar surface area (TPSA) is 151 Å². The van der Waals surface area contributed by atoms with Crippen molar-refractivity contribution >= 4 is 57.4 Å². The third-order valence-corrected chi connectivity index (χ3v) is 9.55. The van der Waals surface area contributed by atoms with Crippen LogP contribution in [0.1, 0.15) is 56.5 Å². The standard InChI is InChI=1S/C18H17FN4O2S.C17H17N3O3/c1-4-5-22-13-7-12(11(19)6-14(13)25-9-16(22)24)20-17-23-10-18(2,3)8-15(23)21-26-17;1-9(2)17(3)16(23)19-14(20-17)13-11(15(21)22)8-10-6-4-5-7-12(10)18-13/h1,6-7H,5,8-10H2,2-3H3;4-9H,1-3H3,(H,21,22)(H,19,20,23)/b20-17-;. The Kier molecular flexibility index (Phi) is 8.58. The first kappa shape index (κ1) is 33.5. The SMILES string of the molecule is C#CCN1C(=O)COc2cc(F)c(/N=c3\snc4n3CC(C)(C)C4)cc21.CC(C)C1(C)N=C(c2nc3ccccc3cc2C(=O)O)NC1=O. The summed E-state index contributed by atoms with van der Waals surface area (Å²) in [6, 6.07) is 11.5. The molecule has 0 fully saturated rings. The van der Waals surface area contributed by atoms with Crippen LogP contribution in [0.15, 0.2) is 52.4 Å². The third-order valence-electron chi connectivity index (χ3n) is 8.77. The fourth-order valence-corrected chi connectivity index (χ4v) is 6.51. The molecule has 3 aliphatic heterocycles. The van der Waals surface area contributed by atoms with Gasteiger partial charge in [-0.05, 0) is 36.5 Å². The van der Waals surface area contributed by atoms with Crippen LogP contribution in [-0.4, -0.2) is 61.3 Å². The molecule has 2 N–H and O–H groups in total. The molecule has 0 bridgehead atoms. The molecule has 2 aromatic carbocycles. The van der Waals surface area contributed by atoms with Crippen molar-refractivity contribution in [1.82, 2.24) is 19.2 Å². The summed E-state index contributed by atoms with van der Waals surface area (Å²) in [6.45, 7) is 10.6. The zero-order valence-electron chi connectivity index (χ0n) is 27.6. The molecular formula is C35H34FN7O5S. The maximum Gasteiger partial charge on any atom is 0.338 e. The van der Waals surface area contributed by atoms with Crippen molar-refractivity contribution in [3.05, 3.63) is 70.2 Å². The average Bonchev–Trinajstić information content (AvgIpc) is 3.68. The lowest BCUT2D eigenvalue weighted by Gasteiger charge is -2.28. The highest BCUT2D eigenvalue weighted by molar-refractivity contribution is 7.02. The second-order valence-electron chi connectivity index (χ2n) is 13.3. The molecule has 2 amide bonds. The highest BCUT2D eigenvalue weighted by Gasteiger charge is 2.43. The van der Waals surface area contributed by atoms with Crippen LogP contribution in [-0.2, 0) is 22.6 Å². The summed E-state index contributed by atoms with van der Waals surface area (Å²) in [6.07, 6.45) is 6.22. The maximum absolute atomic E-state index is 14.5. The van der Waals surface area contributed by atoms with E-state index in [9.17, 15) is 23.9 Å². The number of carbonyl (C=O) groups is 3. The van der Waals surface area contributed by atoms with Gasteiger partial charge in [-0.1, -0.05) is 51.8 Å². The zero-order valence-corrected chi connectivity index (χ0v) is 28.4. The minimum atomic E-state index is -1.10. The van der Waals surface area contributed by atoms with E-state index in [0.29, 0.717) is 21.8 Å². The number of amides is 2. The number of halogens is 1. The Morgan fingerprint density at radius 3 is 2.67 bits per heavy atom. The number of ether oxygens (including phenoxy) is 1. The molecule has 0 saturated heterocycles. The van der Waals surface area contributed by atoms with Crippen molar-refractivity contribution in [1.29, 1.82) is 0 Å². The molecule has 0 spiro atoms. The van der Waals surface area contributed by atoms with Gasteiger partial charge in [-0.3, -0.25) is 14.5 Å². The summed E-state index contributed by atoms with van der Waals surface area (Å²) in [5.41, 5.74) is 0.628. The molecular weight excluding hydrogens is 649 g/mol. The molecule has 4 aromatic rings. The van der Waals surface area contributed by atoms with Gasteiger partial charge in [-0.2, -0.15) is 4.37 Å². The molecule has 5 heterocycles. The van der Waals surface area contributed by atoms with Crippen molar-refractivity contribution in [2.75, 3.05) is 18.1 Å². The van der Waals surface area contributed by atoms with E-state index in [4.69, 9.17) is 11.2 Å². The van der Waals surface area contributed by atoms with Crippen LogP contribution in [0, 0.1) is 29.5 Å². The minimum Gasteiger partial charge on any atom is -0.481 e. The number of amidine groups is 1. The quantitative estimate of drug-likeness (QED) is 0.295. The number of terminal acetylenes is 1. The van der Waals surface area contributed by atoms with Crippen molar-refractivity contribution in [2.45, 2.75) is 53.1 Å². The lowest BCUT2D eigenvalue weighted by molar-refractivity contribution is -0.124. The van der Waals surface area contributed by atoms with Crippen LogP contribution in [0.5, 0.6) is 5.75 Å². The number of nitrogens with zero attached hydrogens (tertiary/aromatic N) is 6. The number of nitrogens with one attached hydrogen (secondary N) is 1. The summed E-state index contributed by atoms with van der Waals surface area (Å²) in [7, 11) is 0. The number of pyridine rings is 1. The van der Waals surface area contributed by atoms with Crippen LogP contribution >= 0.6 is 11.5 Å². The number of rotatable bonds is 5. The number of aliphatic imine (C=N–C) groups is 1. The Morgan fingerprint density at radius 1 is 1.22 bits per heavy atom. The van der Waals surface area contributed by atoms with Crippen LogP contribution in [0.25, 0.3) is 10.9 Å². The van der Waals surface area contributed by atoms with E-state index < -0.39 is 17.3 Å². The largest absolute Gasteiger partial charge is 0.481 e. The fraction of sp³-hybridized carbons (Fsp3) is 0.343. The first-order valence-electron chi connectivity index (χ1n) is 15.6. The van der Waals surface area contributed by atoms with Crippen molar-refractivity contribution in [3.8, 4) is 18.1 Å². The predicted molar refractivity (Wildman–Crippen MR) is 183 cm³/mol. The lowest BCUT2D eigenvalue weighted by atomic mass is 9.89. The molecule has 1 unspecified atom stereocenters. The molecule has 0 saturated carbocycles. The van der Waals surface area contributed by atoms with Gasteiger partial charge in [0.05, 0.1) is 23.3 Å². The first-order chi connectivity index (χ1) is 23.2. The highest BCUT2D eigenvalue weighted by atomic mass is 32.1. The molecule has 7 rings (SSSR count). The summed E-state index contributed by atoms with van der Waals surface area (Å²) in [5, 5.41) is 12.9. The van der Waals surface area contributed by atoms with E-state index in [1.807, 2.05) is 30.5 Å². The Hall–Kier alpha value is -5.42. The lowest BCUT2D eigenvalue weighted by Crippen LogP contribution is -2.41. The molecule has 252 valence electrons. The van der Waals surface area contributed by atoms with Gasteiger partial charge in [0.2, 0.25) is 4.80 Å². The third kappa shape index (κ3) is 6.29. The van der Waals surface area contributed by atoms with E-state index in [1.165, 1.54) is 28.6 Å². The van der Waals surface area contributed by atoms with Gasteiger partial charge in [0.15, 0.2) is 18.3 Å². The van der Waals surface area contributed by atoms with Gasteiger partial charge in [-0.25, -0.2) is 24.2 Å². The van der Waals surface area contributed by atoms with Gasteiger partial charge < -0.3 is 19.7 Å². The molecule has 12 nitrogen and oxygen atoms in total. The molecule has 2 aromatic heterocycles. The van der Waals surface area contributed by atoms with E-state index in [1.54, 1.807) is 25.1 Å². The van der Waals surface area contributed by atoms with Gasteiger partial charge >= 0.3 is 5.97 Å². The molecule has 3 aliphatic rings. The predicted octanol–water partition coefficient (Wildman–Crippen LogP) is 4.48. The van der Waals surface area contributed by atoms with E-state index in [0.717, 1.165) is 24.2 Å². The number of aromatic nitrogens is 3. The maximum atomic E-state index is 14.5. The minimum absolute atomic E-state index is 0.0197. The summed E-state index contributed by atoms with van der Waals surface area (Å²) in [5.74, 6) is 1.77. The number of carbonyl (C=O) groups excluding carboxylic acids is 2. The Morgan fingerprint density at radius 2 is 1.98 bits per heavy atom. The second kappa shape index (κ2) is 12.6. The number of hydrogen-bond acceptors (Lipinski definition) is 9. The van der Waals surface area contributed by atoms with Gasteiger partial charge in [0.25, 0.3) is 11.8 Å². The first-order valence-corrected chi connectivity index (χ1v) is 16.3. The number of aromatic carboxylic acids is 1. The number of carboxylic acid groups (broad SMARTS) is 1. The van der Waals surface area contributed by atoms with E-state index >= 15 is 0 Å². The Balaban J connectivity index is 0.000000171. The van der Waals surface area contributed by atoms with Crippen LogP contribution in [0.2, 0.25) is 0 Å². The monoisotopic (exact) mass is 683 g/mol. The summed E-state index contributed by atoms with van der Waals surface area (Å²) >= 11 is 1.24. The average molecular weight is 684 g/mol. The van der Waals surface area contributed by atoms with Gasteiger partial charge in [-0.15, -0.1) is 6.42 Å². The molecule has 14 heteroatoms. The number of anilines is 1. The van der Waals surface area contributed by atoms with Gasteiger partial charge in [0, 0.05) is 36.0 Å². The number of para-hydroxylation sites is 1. The van der Waals surface area contributed by atoms with Crippen molar-refractivity contribution in [3.63, 3.8) is 0 Å². The molecule has 0 radical (unpaired) electrons. The van der Waals surface area contributed by atoms with E-state index in [2.05, 4.69) is 44.4 Å². The van der Waals surface area contributed by atoms with Crippen molar-refractivity contribution in [2.24, 2.45) is 21.3 Å². The zero-order chi connectivity index (χ0) is 35.2. The smallest absolute Gasteiger partial charge is 0.338 e. The van der Waals surface area contributed by atoms with Crippen LogP contribution in [0.4, 0.5) is 15.8 Å². The Bertz CT molecular complexity index is 2180. The Labute approximate surface area is 285 Å². The summed E-state index contributed by atoms with van der Waals surface area (Å²) in [4.78, 5) is 51.3.